The van der Waals surface area contributed by atoms with E-state index < -0.39 is 17.8 Å². The number of carbonyl (C=O) groups excluding carboxylic acids is 1. The summed E-state index contributed by atoms with van der Waals surface area (Å²) in [6.45, 7) is 0. The van der Waals surface area contributed by atoms with Crippen molar-refractivity contribution in [2.45, 2.75) is 0 Å². The number of urea groups is 1. The van der Waals surface area contributed by atoms with E-state index in [-0.39, 0.29) is 16.3 Å². The molecule has 0 atom stereocenters. The molecule has 0 aliphatic carbocycles. The van der Waals surface area contributed by atoms with Crippen molar-refractivity contribution in [2.75, 3.05) is 10.6 Å². The van der Waals surface area contributed by atoms with E-state index >= 15 is 0 Å². The zero-order valence-electron chi connectivity index (χ0n) is 12.0. The van der Waals surface area contributed by atoms with Crippen molar-refractivity contribution in [3.8, 4) is 5.75 Å². The third-order valence-electron chi connectivity index (χ3n) is 3.22. The molecule has 0 fully saturated rings. The van der Waals surface area contributed by atoms with Crippen LogP contribution in [0.5, 0.6) is 5.75 Å². The summed E-state index contributed by atoms with van der Waals surface area (Å²) in [6, 6.07) is 8.79. The number of rotatable bonds is 3. The molecule has 0 radical (unpaired) electrons. The lowest BCUT2D eigenvalue weighted by molar-refractivity contribution is 0.0700. The number of amides is 2. The van der Waals surface area contributed by atoms with Crippen LogP contribution in [-0.4, -0.2) is 22.2 Å². The van der Waals surface area contributed by atoms with Crippen LogP contribution in [0.15, 0.2) is 42.5 Å². The lowest BCUT2D eigenvalue weighted by atomic mass is 10.1. The van der Waals surface area contributed by atoms with Gasteiger partial charge in [-0.1, -0.05) is 0 Å². The van der Waals surface area contributed by atoms with Crippen molar-refractivity contribution in [3.05, 3.63) is 53.8 Å². The molecular formula is C16H11FN2O4S. The van der Waals surface area contributed by atoms with Crippen molar-refractivity contribution >= 4 is 44.1 Å². The number of halogens is 1. The maximum Gasteiger partial charge on any atom is 0.339 e. The van der Waals surface area contributed by atoms with E-state index in [0.29, 0.717) is 15.8 Å². The predicted octanol–water partition coefficient (Wildman–Crippen LogP) is 4.09. The number of carboxylic acids is 1. The Morgan fingerprint density at radius 2 is 1.75 bits per heavy atom. The van der Waals surface area contributed by atoms with Gasteiger partial charge in [0, 0.05) is 15.8 Å². The molecule has 0 aliphatic heterocycles. The average Bonchev–Trinajstić information content (AvgIpc) is 2.86. The Labute approximate surface area is 139 Å². The second-order valence-corrected chi connectivity index (χ2v) is 5.93. The molecule has 6 nitrogen and oxygen atoms in total. The zero-order chi connectivity index (χ0) is 17.3. The summed E-state index contributed by atoms with van der Waals surface area (Å²) in [6.07, 6.45) is 0. The SMILES string of the molecule is O=C(Nc1ccc(F)cc1)Nc1sc2cc(O)ccc2c1C(=O)O. The van der Waals surface area contributed by atoms with Crippen molar-refractivity contribution in [2.24, 2.45) is 0 Å². The molecule has 3 aromatic rings. The minimum atomic E-state index is -1.19. The summed E-state index contributed by atoms with van der Waals surface area (Å²) in [5.41, 5.74) is 0.314. The van der Waals surface area contributed by atoms with Gasteiger partial charge in [-0.2, -0.15) is 0 Å². The number of carboxylic acid groups (broad SMARTS) is 1. The van der Waals surface area contributed by atoms with E-state index in [1.807, 2.05) is 0 Å². The monoisotopic (exact) mass is 346 g/mol. The van der Waals surface area contributed by atoms with Gasteiger partial charge in [0.05, 0.1) is 0 Å². The van der Waals surface area contributed by atoms with E-state index in [4.69, 9.17) is 0 Å². The molecule has 0 bridgehead atoms. The van der Waals surface area contributed by atoms with Gasteiger partial charge in [-0.05, 0) is 42.5 Å². The van der Waals surface area contributed by atoms with Gasteiger partial charge in [-0.15, -0.1) is 11.3 Å². The number of thiophene rings is 1. The summed E-state index contributed by atoms with van der Waals surface area (Å²) in [5.74, 6) is -1.62. The molecule has 4 N–H and O–H groups in total. The normalized spacial score (nSPS) is 10.5. The highest BCUT2D eigenvalue weighted by Crippen LogP contribution is 2.37. The van der Waals surface area contributed by atoms with Gasteiger partial charge < -0.3 is 15.5 Å². The smallest absolute Gasteiger partial charge is 0.339 e. The minimum absolute atomic E-state index is 0.00278. The molecule has 0 unspecified atom stereocenters. The van der Waals surface area contributed by atoms with E-state index in [1.165, 1.54) is 42.5 Å². The molecule has 0 saturated carbocycles. The number of aromatic carboxylic acids is 1. The van der Waals surface area contributed by atoms with E-state index in [0.717, 1.165) is 11.3 Å². The molecule has 2 aromatic carbocycles. The van der Waals surface area contributed by atoms with E-state index in [2.05, 4.69) is 10.6 Å². The third-order valence-corrected chi connectivity index (χ3v) is 4.28. The first-order valence-electron chi connectivity index (χ1n) is 6.76. The van der Waals surface area contributed by atoms with E-state index in [9.17, 15) is 24.2 Å². The maximum atomic E-state index is 12.9. The first-order chi connectivity index (χ1) is 11.4. The highest BCUT2D eigenvalue weighted by molar-refractivity contribution is 7.23. The number of benzene rings is 2. The number of phenolic OH excluding ortho intramolecular Hbond substituents is 1. The van der Waals surface area contributed by atoms with E-state index in [1.54, 1.807) is 0 Å². The number of hydrogen-bond acceptors (Lipinski definition) is 4. The summed E-state index contributed by atoms with van der Waals surface area (Å²) < 4.78 is 13.4. The fourth-order valence-corrected chi connectivity index (χ4v) is 3.31. The van der Waals surface area contributed by atoms with Crippen LogP contribution in [-0.2, 0) is 0 Å². The molecular weight excluding hydrogens is 335 g/mol. The standard InChI is InChI=1S/C16H11FN2O4S/c17-8-1-3-9(4-2-8)18-16(23)19-14-13(15(21)22)11-6-5-10(20)7-12(11)24-14/h1-7,20H,(H,21,22)(H2,18,19,23). The maximum absolute atomic E-state index is 12.9. The Bertz CT molecular complexity index is 937. The molecule has 122 valence electrons. The van der Waals surface area contributed by atoms with Crippen LogP contribution < -0.4 is 10.6 Å². The number of anilines is 2. The summed E-state index contributed by atoms with van der Waals surface area (Å²) >= 11 is 1.03. The van der Waals surface area contributed by atoms with Crippen molar-refractivity contribution in [1.82, 2.24) is 0 Å². The number of hydrogen-bond donors (Lipinski definition) is 4. The average molecular weight is 346 g/mol. The second-order valence-electron chi connectivity index (χ2n) is 4.88. The van der Waals surface area contributed by atoms with Gasteiger partial charge in [0.25, 0.3) is 0 Å². The molecule has 0 saturated heterocycles. The Balaban J connectivity index is 1.88. The Morgan fingerprint density at radius 1 is 1.04 bits per heavy atom. The number of nitrogens with one attached hydrogen (secondary N) is 2. The Hall–Kier alpha value is -3.13. The predicted molar refractivity (Wildman–Crippen MR) is 89.5 cm³/mol. The minimum Gasteiger partial charge on any atom is -0.508 e. The summed E-state index contributed by atoms with van der Waals surface area (Å²) in [7, 11) is 0. The number of aromatic hydroxyl groups is 1. The summed E-state index contributed by atoms with van der Waals surface area (Å²) in [5, 5.41) is 24.4. The fourth-order valence-electron chi connectivity index (χ4n) is 2.18. The molecule has 2 amide bonds. The third kappa shape index (κ3) is 3.13. The topological polar surface area (TPSA) is 98.7 Å². The van der Waals surface area contributed by atoms with Crippen molar-refractivity contribution < 1.29 is 24.2 Å². The van der Waals surface area contributed by atoms with Gasteiger partial charge in [-0.25, -0.2) is 14.0 Å². The number of phenols is 1. The Morgan fingerprint density at radius 3 is 2.42 bits per heavy atom. The molecule has 24 heavy (non-hydrogen) atoms. The van der Waals surface area contributed by atoms with Gasteiger partial charge in [0.15, 0.2) is 0 Å². The molecule has 8 heteroatoms. The summed E-state index contributed by atoms with van der Waals surface area (Å²) in [4.78, 5) is 23.5. The van der Waals surface area contributed by atoms with Gasteiger partial charge in [0.2, 0.25) is 0 Å². The lowest BCUT2D eigenvalue weighted by Gasteiger charge is -2.07. The van der Waals surface area contributed by atoms with Gasteiger partial charge >= 0.3 is 12.0 Å². The van der Waals surface area contributed by atoms with Crippen LogP contribution in [0.2, 0.25) is 0 Å². The fraction of sp³-hybridized carbons (Fsp3) is 0. The molecule has 1 heterocycles. The van der Waals surface area contributed by atoms with Crippen molar-refractivity contribution in [3.63, 3.8) is 0 Å². The quantitative estimate of drug-likeness (QED) is 0.574. The van der Waals surface area contributed by atoms with Crippen LogP contribution in [0, 0.1) is 5.82 Å². The lowest BCUT2D eigenvalue weighted by Crippen LogP contribution is -2.20. The number of fused-ring (bicyclic) bond motifs is 1. The van der Waals surface area contributed by atoms with Gasteiger partial charge in [-0.3, -0.25) is 5.32 Å². The zero-order valence-corrected chi connectivity index (χ0v) is 12.9. The second kappa shape index (κ2) is 6.17. The molecule has 3 rings (SSSR count). The first-order valence-corrected chi connectivity index (χ1v) is 7.58. The van der Waals surface area contributed by atoms with Crippen molar-refractivity contribution in [1.29, 1.82) is 0 Å². The van der Waals surface area contributed by atoms with Crippen LogP contribution in [0.1, 0.15) is 10.4 Å². The Kier molecular flexibility index (Phi) is 4.05. The van der Waals surface area contributed by atoms with Crippen LogP contribution in [0.3, 0.4) is 0 Å². The van der Waals surface area contributed by atoms with Gasteiger partial charge in [0.1, 0.15) is 22.1 Å². The largest absolute Gasteiger partial charge is 0.508 e. The molecule has 0 aliphatic rings. The van der Waals surface area contributed by atoms with Crippen LogP contribution in [0.25, 0.3) is 10.1 Å². The molecule has 1 aromatic heterocycles. The number of carbonyl (C=O) groups is 2. The highest BCUT2D eigenvalue weighted by atomic mass is 32.1. The highest BCUT2D eigenvalue weighted by Gasteiger charge is 2.20. The van der Waals surface area contributed by atoms with Crippen LogP contribution in [0.4, 0.5) is 19.9 Å². The van der Waals surface area contributed by atoms with Crippen LogP contribution >= 0.6 is 11.3 Å². The first kappa shape index (κ1) is 15.8. The molecule has 0 spiro atoms.